The van der Waals surface area contributed by atoms with Gasteiger partial charge in [0.1, 0.15) is 11.5 Å². The first kappa shape index (κ1) is 20.1. The summed E-state index contributed by atoms with van der Waals surface area (Å²) in [7, 11) is 0. The van der Waals surface area contributed by atoms with E-state index in [4.69, 9.17) is 16.3 Å². The highest BCUT2D eigenvalue weighted by molar-refractivity contribution is 7.11. The van der Waals surface area contributed by atoms with Gasteiger partial charge in [0.05, 0.1) is 10.4 Å². The van der Waals surface area contributed by atoms with E-state index in [1.807, 2.05) is 16.0 Å². The average molecular weight is 446 g/mol. The number of halogens is 2. The van der Waals surface area contributed by atoms with E-state index in [-0.39, 0.29) is 5.82 Å². The van der Waals surface area contributed by atoms with E-state index in [0.29, 0.717) is 52.3 Å². The molecule has 3 aromatic heterocycles. The van der Waals surface area contributed by atoms with Crippen LogP contribution in [-0.2, 0) is 6.54 Å². The number of hydrogen-bond donors (Lipinski definition) is 2. The third-order valence-corrected chi connectivity index (χ3v) is 5.23. The second-order valence-corrected chi connectivity index (χ2v) is 7.66. The van der Waals surface area contributed by atoms with Crippen LogP contribution in [-0.4, -0.2) is 27.2 Å². The molecular formula is C20H17ClFN5O2S. The first-order chi connectivity index (χ1) is 14.6. The van der Waals surface area contributed by atoms with Crippen molar-refractivity contribution in [3.05, 3.63) is 65.0 Å². The summed E-state index contributed by atoms with van der Waals surface area (Å²) in [6.45, 7) is 1.01. The van der Waals surface area contributed by atoms with E-state index < -0.39 is 6.09 Å². The van der Waals surface area contributed by atoms with E-state index in [1.165, 1.54) is 23.5 Å². The van der Waals surface area contributed by atoms with E-state index >= 15 is 0 Å². The van der Waals surface area contributed by atoms with Gasteiger partial charge in [-0.25, -0.2) is 14.2 Å². The number of thiophene rings is 1. The van der Waals surface area contributed by atoms with Crippen LogP contribution in [0, 0.1) is 5.82 Å². The maximum atomic E-state index is 13.4. The van der Waals surface area contributed by atoms with Crippen LogP contribution in [0.2, 0.25) is 5.02 Å². The minimum atomic E-state index is -0.489. The monoisotopic (exact) mass is 445 g/mol. The molecule has 1 aromatic carbocycles. The molecule has 0 radical (unpaired) electrons. The predicted molar refractivity (Wildman–Crippen MR) is 115 cm³/mol. The largest absolute Gasteiger partial charge is 0.413 e. The zero-order chi connectivity index (χ0) is 20.9. The molecular weight excluding hydrogens is 429 g/mol. The number of carbonyl (C=O) groups excluding carboxylic acids is 1. The van der Waals surface area contributed by atoms with Crippen LogP contribution in [0.15, 0.2) is 54.2 Å². The number of carbonyl (C=O) groups is 1. The van der Waals surface area contributed by atoms with Gasteiger partial charge in [0.25, 0.3) is 0 Å². The summed E-state index contributed by atoms with van der Waals surface area (Å²) in [5.41, 5.74) is 1.20. The van der Waals surface area contributed by atoms with E-state index in [9.17, 15) is 9.18 Å². The number of hydrogen-bond acceptors (Lipinski definition) is 6. The van der Waals surface area contributed by atoms with Gasteiger partial charge < -0.3 is 19.9 Å². The van der Waals surface area contributed by atoms with Gasteiger partial charge in [-0.3, -0.25) is 0 Å². The lowest BCUT2D eigenvalue weighted by Crippen LogP contribution is -2.28. The molecule has 30 heavy (non-hydrogen) atoms. The van der Waals surface area contributed by atoms with Crippen molar-refractivity contribution in [1.29, 1.82) is 0 Å². The average Bonchev–Trinajstić information content (AvgIpc) is 3.33. The molecule has 0 spiro atoms. The van der Waals surface area contributed by atoms with Gasteiger partial charge >= 0.3 is 6.09 Å². The second kappa shape index (κ2) is 9.10. The smallest absolute Gasteiger partial charge is 0.399 e. The number of nitrogens with zero attached hydrogens (tertiary/aromatic N) is 3. The minimum absolute atomic E-state index is 0.335. The number of rotatable bonds is 7. The highest BCUT2D eigenvalue weighted by atomic mass is 35.5. The Labute approximate surface area is 180 Å². The summed E-state index contributed by atoms with van der Waals surface area (Å²) in [5.74, 6) is -0.0145. The second-order valence-electron chi connectivity index (χ2n) is 6.34. The number of amides is 1. The summed E-state index contributed by atoms with van der Waals surface area (Å²) in [4.78, 5) is 20.5. The summed E-state index contributed by atoms with van der Waals surface area (Å²) in [6.07, 6.45) is 3.56. The van der Waals surface area contributed by atoms with Crippen molar-refractivity contribution in [3.63, 3.8) is 0 Å². The highest BCUT2D eigenvalue weighted by Crippen LogP contribution is 2.26. The van der Waals surface area contributed by atoms with Crippen LogP contribution in [0.4, 0.5) is 20.8 Å². The molecule has 7 nitrogen and oxygen atoms in total. The predicted octanol–water partition coefficient (Wildman–Crippen LogP) is 5.21. The fourth-order valence-corrected chi connectivity index (χ4v) is 3.67. The fraction of sp³-hybridized carbons (Fsp3) is 0.150. The minimum Gasteiger partial charge on any atom is -0.399 e. The Kier molecular flexibility index (Phi) is 6.10. The molecule has 154 valence electrons. The number of benzene rings is 1. The van der Waals surface area contributed by atoms with Crippen molar-refractivity contribution in [2.45, 2.75) is 13.0 Å². The molecule has 0 aliphatic rings. The normalized spacial score (nSPS) is 10.9. The van der Waals surface area contributed by atoms with Crippen LogP contribution in [0.5, 0.6) is 5.06 Å². The SMILES string of the molecule is O=C(NCCCn1cc(Cl)c2cnc(Nc3cccc(F)c3)nc21)Oc1cccs1. The van der Waals surface area contributed by atoms with Crippen molar-refractivity contribution in [1.82, 2.24) is 19.9 Å². The Balaban J connectivity index is 1.39. The van der Waals surface area contributed by atoms with Gasteiger partial charge in [0, 0.05) is 31.2 Å². The Morgan fingerprint density at radius 2 is 2.20 bits per heavy atom. The zero-order valence-corrected chi connectivity index (χ0v) is 17.2. The zero-order valence-electron chi connectivity index (χ0n) is 15.6. The Morgan fingerprint density at radius 3 is 3.00 bits per heavy atom. The first-order valence-corrected chi connectivity index (χ1v) is 10.4. The summed E-state index contributed by atoms with van der Waals surface area (Å²) in [5, 5.41) is 9.33. The molecule has 0 aliphatic carbocycles. The third kappa shape index (κ3) is 4.87. The lowest BCUT2D eigenvalue weighted by Gasteiger charge is -2.08. The van der Waals surface area contributed by atoms with Crippen molar-refractivity contribution in [3.8, 4) is 5.06 Å². The molecule has 0 saturated carbocycles. The van der Waals surface area contributed by atoms with Gasteiger partial charge in [-0.1, -0.05) is 17.7 Å². The van der Waals surface area contributed by atoms with Crippen LogP contribution >= 0.6 is 22.9 Å². The summed E-state index contributed by atoms with van der Waals surface area (Å²) < 4.78 is 20.4. The van der Waals surface area contributed by atoms with Crippen LogP contribution in [0.1, 0.15) is 6.42 Å². The lowest BCUT2D eigenvalue weighted by atomic mass is 10.3. The quantitative estimate of drug-likeness (QED) is 0.382. The van der Waals surface area contributed by atoms with E-state index in [2.05, 4.69) is 20.6 Å². The number of anilines is 2. The van der Waals surface area contributed by atoms with Crippen LogP contribution in [0.3, 0.4) is 0 Å². The number of aromatic nitrogens is 3. The van der Waals surface area contributed by atoms with E-state index in [1.54, 1.807) is 30.6 Å². The highest BCUT2D eigenvalue weighted by Gasteiger charge is 2.11. The number of nitrogens with one attached hydrogen (secondary N) is 2. The topological polar surface area (TPSA) is 81.1 Å². The fourth-order valence-electron chi connectivity index (χ4n) is 2.84. The van der Waals surface area contributed by atoms with Gasteiger partial charge in [0.15, 0.2) is 5.06 Å². The van der Waals surface area contributed by atoms with Gasteiger partial charge in [-0.15, -0.1) is 11.3 Å². The summed E-state index contributed by atoms with van der Waals surface area (Å²) in [6, 6.07) is 9.60. The molecule has 10 heteroatoms. The molecule has 4 rings (SSSR count). The van der Waals surface area contributed by atoms with Crippen molar-refractivity contribution in [2.75, 3.05) is 11.9 Å². The molecule has 0 unspecified atom stereocenters. The van der Waals surface area contributed by atoms with Gasteiger partial charge in [0.2, 0.25) is 5.95 Å². The number of fused-ring (bicyclic) bond motifs is 1. The number of ether oxygens (including phenoxy) is 1. The molecule has 0 aliphatic heterocycles. The van der Waals surface area contributed by atoms with Crippen LogP contribution in [0.25, 0.3) is 11.0 Å². The lowest BCUT2D eigenvalue weighted by molar-refractivity contribution is 0.201. The third-order valence-electron chi connectivity index (χ3n) is 4.18. The molecule has 0 fully saturated rings. The maximum Gasteiger partial charge on any atom is 0.413 e. The van der Waals surface area contributed by atoms with Crippen LogP contribution < -0.4 is 15.4 Å². The van der Waals surface area contributed by atoms with Gasteiger partial charge in [-0.2, -0.15) is 4.98 Å². The summed E-state index contributed by atoms with van der Waals surface area (Å²) >= 11 is 7.65. The van der Waals surface area contributed by atoms with Gasteiger partial charge in [-0.05, 0) is 42.1 Å². The Hall–Kier alpha value is -3.17. The molecule has 3 heterocycles. The Bertz CT molecular complexity index is 1170. The molecule has 1 amide bonds. The molecule has 0 saturated heterocycles. The molecule has 2 N–H and O–H groups in total. The molecule has 0 bridgehead atoms. The maximum absolute atomic E-state index is 13.4. The molecule has 0 atom stereocenters. The molecule has 4 aromatic rings. The number of aryl methyl sites for hydroxylation is 1. The van der Waals surface area contributed by atoms with E-state index in [0.717, 1.165) is 0 Å². The van der Waals surface area contributed by atoms with Crippen molar-refractivity contribution >= 4 is 51.7 Å². The standard InChI is InChI=1S/C20H17ClFN5O2S/c21-16-12-27(8-3-7-23-20(28)29-17-6-2-9-30-17)18-15(16)11-24-19(26-18)25-14-5-1-4-13(22)10-14/h1-2,4-6,9-12H,3,7-8H2,(H,23,28)(H,24,25,26). The van der Waals surface area contributed by atoms with Crippen molar-refractivity contribution < 1.29 is 13.9 Å². The first-order valence-electron chi connectivity index (χ1n) is 9.11. The Morgan fingerprint density at radius 1 is 1.30 bits per heavy atom. The van der Waals surface area contributed by atoms with Crippen molar-refractivity contribution in [2.24, 2.45) is 0 Å².